The number of benzene rings is 1. The van der Waals surface area contributed by atoms with Crippen LogP contribution in [-0.4, -0.2) is 60.1 Å². The van der Waals surface area contributed by atoms with E-state index in [2.05, 4.69) is 41.5 Å². The number of carboxylic acids is 2. The Balaban J connectivity index is 0.000000429. The summed E-state index contributed by atoms with van der Waals surface area (Å²) >= 11 is 0. The highest BCUT2D eigenvalue weighted by molar-refractivity contribution is 5.73. The van der Waals surface area contributed by atoms with E-state index in [0.29, 0.717) is 12.5 Å². The monoisotopic (exact) mass is 495 g/mol. The van der Waals surface area contributed by atoms with Gasteiger partial charge in [0.1, 0.15) is 11.6 Å². The molecule has 4 rings (SSSR count). The van der Waals surface area contributed by atoms with Gasteiger partial charge in [-0.1, -0.05) is 19.1 Å². The third-order valence-corrected chi connectivity index (χ3v) is 6.14. The highest BCUT2D eigenvalue weighted by Gasteiger charge is 2.51. The summed E-state index contributed by atoms with van der Waals surface area (Å²) in [5.74, 6) is -1.36. The topological polar surface area (TPSA) is 112 Å². The van der Waals surface area contributed by atoms with Gasteiger partial charge in [0.25, 0.3) is 0 Å². The molecule has 0 saturated heterocycles. The van der Waals surface area contributed by atoms with Gasteiger partial charge in [0.2, 0.25) is 0 Å². The number of nitrogens with zero attached hydrogens (tertiary/aromatic N) is 2. The van der Waals surface area contributed by atoms with Gasteiger partial charge >= 0.3 is 18.1 Å². The molecule has 2 heterocycles. The molecule has 0 amide bonds. The van der Waals surface area contributed by atoms with E-state index in [4.69, 9.17) is 24.7 Å². The first-order valence-corrected chi connectivity index (χ1v) is 11.1. The first kappa shape index (κ1) is 26.1. The predicted octanol–water partition coefficient (Wildman–Crippen LogP) is 4.17. The summed E-state index contributed by atoms with van der Waals surface area (Å²) in [4.78, 5) is 26.8. The van der Waals surface area contributed by atoms with Crippen LogP contribution in [0, 0.1) is 5.41 Å². The van der Waals surface area contributed by atoms with E-state index in [-0.39, 0.29) is 11.8 Å². The Hall–Kier alpha value is -3.50. The second-order valence-corrected chi connectivity index (χ2v) is 8.97. The SMILES string of the molecule is CN1CCNc2nc(CCOc3ccc(C4CC4(C)CC(=O)O)cc3)ccc21.O=C(O)C(F)(F)F. The fourth-order valence-electron chi connectivity index (χ4n) is 4.07. The number of aromatic nitrogens is 1. The minimum absolute atomic E-state index is 0.103. The number of carbonyl (C=O) groups is 2. The first-order valence-electron chi connectivity index (χ1n) is 11.1. The van der Waals surface area contributed by atoms with Crippen LogP contribution in [0.25, 0.3) is 0 Å². The molecule has 35 heavy (non-hydrogen) atoms. The maximum Gasteiger partial charge on any atom is 0.490 e. The zero-order valence-corrected chi connectivity index (χ0v) is 19.4. The van der Waals surface area contributed by atoms with Gasteiger partial charge in [0, 0.05) is 32.3 Å². The molecule has 2 atom stereocenters. The summed E-state index contributed by atoms with van der Waals surface area (Å²) in [7, 11) is 2.08. The van der Waals surface area contributed by atoms with Crippen molar-refractivity contribution in [3.63, 3.8) is 0 Å². The zero-order valence-electron chi connectivity index (χ0n) is 19.4. The van der Waals surface area contributed by atoms with Gasteiger partial charge < -0.3 is 25.2 Å². The van der Waals surface area contributed by atoms with Crippen LogP contribution < -0.4 is 15.0 Å². The number of hydrogen-bond donors (Lipinski definition) is 3. The third-order valence-electron chi connectivity index (χ3n) is 6.14. The highest BCUT2D eigenvalue weighted by Crippen LogP contribution is 2.61. The van der Waals surface area contributed by atoms with E-state index in [1.54, 1.807) is 0 Å². The largest absolute Gasteiger partial charge is 0.493 e. The number of alkyl halides is 3. The molecule has 3 N–H and O–H groups in total. The quantitative estimate of drug-likeness (QED) is 0.525. The molecular weight excluding hydrogens is 467 g/mol. The maximum absolute atomic E-state index is 11.0. The van der Waals surface area contributed by atoms with E-state index in [0.717, 1.165) is 48.9 Å². The number of anilines is 2. The number of hydrogen-bond acceptors (Lipinski definition) is 6. The van der Waals surface area contributed by atoms with Crippen LogP contribution in [0.5, 0.6) is 5.75 Å². The predicted molar refractivity (Wildman–Crippen MR) is 123 cm³/mol. The van der Waals surface area contributed by atoms with Crippen molar-refractivity contribution in [3.8, 4) is 5.75 Å². The molecule has 0 radical (unpaired) electrons. The van der Waals surface area contributed by atoms with Crippen LogP contribution in [0.2, 0.25) is 0 Å². The lowest BCUT2D eigenvalue weighted by Gasteiger charge is -2.27. The van der Waals surface area contributed by atoms with E-state index in [9.17, 15) is 18.0 Å². The number of ether oxygens (including phenoxy) is 1. The summed E-state index contributed by atoms with van der Waals surface area (Å²) in [6.45, 7) is 4.52. The summed E-state index contributed by atoms with van der Waals surface area (Å²) < 4.78 is 37.6. The Labute approximate surface area is 200 Å². The number of nitrogens with one attached hydrogen (secondary N) is 1. The summed E-state index contributed by atoms with van der Waals surface area (Å²) in [5.41, 5.74) is 3.25. The second-order valence-electron chi connectivity index (χ2n) is 8.97. The van der Waals surface area contributed by atoms with Gasteiger partial charge in [0.05, 0.1) is 18.7 Å². The molecule has 1 fully saturated rings. The average molecular weight is 495 g/mol. The van der Waals surface area contributed by atoms with Crippen molar-refractivity contribution in [2.45, 2.75) is 38.3 Å². The lowest BCUT2D eigenvalue weighted by atomic mass is 9.98. The Morgan fingerprint density at radius 2 is 1.86 bits per heavy atom. The van der Waals surface area contributed by atoms with Crippen LogP contribution >= 0.6 is 0 Å². The fraction of sp³-hybridized carbons (Fsp3) is 0.458. The Kier molecular flexibility index (Phi) is 7.76. The van der Waals surface area contributed by atoms with Gasteiger partial charge in [-0.3, -0.25) is 4.79 Å². The lowest BCUT2D eigenvalue weighted by Crippen LogP contribution is -2.31. The molecular formula is C24H28F3N3O5. The summed E-state index contributed by atoms with van der Waals surface area (Å²) in [6, 6.07) is 12.2. The normalized spacial score (nSPS) is 20.6. The standard InChI is InChI=1S/C22H27N3O3.C2HF3O2/c1-22(14-20(26)27)13-18(22)15-3-6-17(7-4-15)28-12-9-16-5-8-19-21(24-16)23-10-11-25(19)2;3-2(4,5)1(6)7/h3-8,18H,9-14H2,1-2H3,(H,23,24)(H,26,27);(H,6,7). The van der Waals surface area contributed by atoms with Crippen molar-refractivity contribution in [3.05, 3.63) is 47.7 Å². The molecule has 2 aliphatic rings. The summed E-state index contributed by atoms with van der Waals surface area (Å²) in [6.07, 6.45) is -3.17. The van der Waals surface area contributed by atoms with Gasteiger partial charge in [0.15, 0.2) is 0 Å². The molecule has 1 aromatic carbocycles. The lowest BCUT2D eigenvalue weighted by molar-refractivity contribution is -0.192. The van der Waals surface area contributed by atoms with E-state index in [1.165, 1.54) is 5.56 Å². The van der Waals surface area contributed by atoms with Gasteiger partial charge in [-0.15, -0.1) is 0 Å². The van der Waals surface area contributed by atoms with Crippen LogP contribution in [0.4, 0.5) is 24.7 Å². The molecule has 0 bridgehead atoms. The molecule has 1 aliphatic carbocycles. The van der Waals surface area contributed by atoms with Crippen molar-refractivity contribution in [2.24, 2.45) is 5.41 Å². The molecule has 8 nitrogen and oxygen atoms in total. The van der Waals surface area contributed by atoms with Crippen LogP contribution in [0.15, 0.2) is 36.4 Å². The van der Waals surface area contributed by atoms with Gasteiger partial charge in [-0.05, 0) is 47.6 Å². The molecule has 2 aromatic rings. The van der Waals surface area contributed by atoms with Gasteiger partial charge in [-0.2, -0.15) is 13.2 Å². The molecule has 1 aromatic heterocycles. The Bertz CT molecular complexity index is 1060. The first-order chi connectivity index (χ1) is 16.4. The molecule has 2 unspecified atom stereocenters. The number of halogens is 3. The number of aliphatic carboxylic acids is 2. The van der Waals surface area contributed by atoms with Crippen molar-refractivity contribution in [1.82, 2.24) is 4.98 Å². The highest BCUT2D eigenvalue weighted by atomic mass is 19.4. The van der Waals surface area contributed by atoms with Crippen LogP contribution in [0.1, 0.15) is 36.9 Å². The number of fused-ring (bicyclic) bond motifs is 1. The number of likely N-dealkylation sites (N-methyl/N-ethyl adjacent to an activating group) is 1. The van der Waals surface area contributed by atoms with Gasteiger partial charge in [-0.25, -0.2) is 9.78 Å². The third kappa shape index (κ3) is 7.00. The minimum Gasteiger partial charge on any atom is -0.493 e. The maximum atomic E-state index is 11.0. The number of rotatable bonds is 7. The zero-order chi connectivity index (χ0) is 25.8. The number of pyridine rings is 1. The summed E-state index contributed by atoms with van der Waals surface area (Å²) in [5, 5.41) is 19.5. The fourth-order valence-corrected chi connectivity index (χ4v) is 4.07. The smallest absolute Gasteiger partial charge is 0.490 e. The molecule has 1 saturated carbocycles. The molecule has 11 heteroatoms. The second kappa shape index (κ2) is 10.4. The van der Waals surface area contributed by atoms with Crippen molar-refractivity contribution < 1.29 is 37.7 Å². The van der Waals surface area contributed by atoms with Crippen LogP contribution in [0.3, 0.4) is 0 Å². The average Bonchev–Trinajstić information content (AvgIpc) is 3.43. The van der Waals surface area contributed by atoms with Crippen molar-refractivity contribution in [2.75, 3.05) is 37.0 Å². The van der Waals surface area contributed by atoms with E-state index in [1.807, 2.05) is 19.1 Å². The van der Waals surface area contributed by atoms with Crippen LogP contribution in [-0.2, 0) is 16.0 Å². The molecule has 0 spiro atoms. The van der Waals surface area contributed by atoms with E-state index >= 15 is 0 Å². The van der Waals surface area contributed by atoms with E-state index < -0.39 is 18.1 Å². The molecule has 190 valence electrons. The number of carboxylic acid groups (broad SMARTS) is 2. The Morgan fingerprint density at radius 1 is 1.20 bits per heavy atom. The van der Waals surface area contributed by atoms with Crippen molar-refractivity contribution >= 4 is 23.4 Å². The van der Waals surface area contributed by atoms with Crippen molar-refractivity contribution in [1.29, 1.82) is 0 Å². The minimum atomic E-state index is -5.08. The molecule has 1 aliphatic heterocycles. The Morgan fingerprint density at radius 3 is 2.46 bits per heavy atom.